The highest BCUT2D eigenvalue weighted by Gasteiger charge is 2.33. The monoisotopic (exact) mass is 290 g/mol. The van der Waals surface area contributed by atoms with Gasteiger partial charge in [0, 0.05) is 6.54 Å². The number of para-hydroxylation sites is 1. The molecule has 2 nitrogen and oxygen atoms in total. The highest BCUT2D eigenvalue weighted by Crippen LogP contribution is 2.43. The Morgan fingerprint density at radius 1 is 1.30 bits per heavy atom. The normalized spacial score (nSPS) is 17.9. The van der Waals surface area contributed by atoms with Gasteiger partial charge in [-0.3, -0.25) is 0 Å². The highest BCUT2D eigenvalue weighted by molar-refractivity contribution is 6.16. The molecule has 0 atom stereocenters. The molecule has 1 heterocycles. The standard InChI is InChI=1S/C17H23ClN2/c1-3-17(9-4-5-10-17)12-20-15(11-18)19-14-8-6-7-13(2)16(14)20/h6-8H,3-5,9-12H2,1-2H3. The van der Waals surface area contributed by atoms with Crippen LogP contribution in [0.5, 0.6) is 0 Å². The van der Waals surface area contributed by atoms with Crippen LogP contribution < -0.4 is 0 Å². The van der Waals surface area contributed by atoms with E-state index in [4.69, 9.17) is 16.6 Å². The number of hydrogen-bond donors (Lipinski definition) is 0. The van der Waals surface area contributed by atoms with E-state index >= 15 is 0 Å². The van der Waals surface area contributed by atoms with Crippen LogP contribution in [0.15, 0.2) is 18.2 Å². The minimum Gasteiger partial charge on any atom is -0.326 e. The van der Waals surface area contributed by atoms with Crippen LogP contribution in [0.1, 0.15) is 50.4 Å². The molecule has 0 saturated heterocycles. The smallest absolute Gasteiger partial charge is 0.124 e. The summed E-state index contributed by atoms with van der Waals surface area (Å²) in [4.78, 5) is 4.73. The Bertz CT molecular complexity index is 609. The van der Waals surface area contributed by atoms with E-state index in [2.05, 4.69) is 36.6 Å². The molecule has 3 heteroatoms. The Kier molecular flexibility index (Phi) is 3.76. The van der Waals surface area contributed by atoms with Crippen molar-refractivity contribution in [3.8, 4) is 0 Å². The van der Waals surface area contributed by atoms with E-state index in [1.165, 1.54) is 43.2 Å². The maximum atomic E-state index is 6.15. The summed E-state index contributed by atoms with van der Waals surface area (Å²) in [5.74, 6) is 1.52. The fraction of sp³-hybridized carbons (Fsp3) is 0.588. The van der Waals surface area contributed by atoms with Crippen molar-refractivity contribution < 1.29 is 0 Å². The number of halogens is 1. The second kappa shape index (κ2) is 5.40. The molecule has 0 unspecified atom stereocenters. The molecule has 1 fully saturated rings. The first-order valence-corrected chi connectivity index (χ1v) is 8.23. The van der Waals surface area contributed by atoms with Gasteiger partial charge in [0.15, 0.2) is 0 Å². The zero-order valence-electron chi connectivity index (χ0n) is 12.5. The molecule has 1 aromatic carbocycles. The summed E-state index contributed by atoms with van der Waals surface area (Å²) in [6.07, 6.45) is 6.68. The van der Waals surface area contributed by atoms with Gasteiger partial charge in [-0.15, -0.1) is 11.6 Å². The van der Waals surface area contributed by atoms with E-state index in [1.807, 2.05) is 0 Å². The first-order chi connectivity index (χ1) is 9.69. The minimum atomic E-state index is 0.455. The molecule has 2 aromatic rings. The van der Waals surface area contributed by atoms with Crippen LogP contribution in [0.4, 0.5) is 0 Å². The van der Waals surface area contributed by atoms with Crippen molar-refractivity contribution >= 4 is 22.6 Å². The average Bonchev–Trinajstić information content (AvgIpc) is 3.05. The number of benzene rings is 1. The van der Waals surface area contributed by atoms with Crippen molar-refractivity contribution in [3.63, 3.8) is 0 Å². The molecule has 3 rings (SSSR count). The number of fused-ring (bicyclic) bond motifs is 1. The summed E-state index contributed by atoms with van der Waals surface area (Å²) in [6, 6.07) is 6.35. The molecule has 108 valence electrons. The Morgan fingerprint density at radius 3 is 2.70 bits per heavy atom. The van der Waals surface area contributed by atoms with Crippen molar-refractivity contribution in [1.29, 1.82) is 0 Å². The van der Waals surface area contributed by atoms with Crippen LogP contribution in [0.25, 0.3) is 11.0 Å². The van der Waals surface area contributed by atoms with Gasteiger partial charge < -0.3 is 4.57 Å². The lowest BCUT2D eigenvalue weighted by atomic mass is 9.83. The van der Waals surface area contributed by atoms with Gasteiger partial charge in [0.25, 0.3) is 0 Å². The van der Waals surface area contributed by atoms with Gasteiger partial charge in [-0.1, -0.05) is 31.9 Å². The molecule has 0 amide bonds. The quantitative estimate of drug-likeness (QED) is 0.720. The largest absolute Gasteiger partial charge is 0.326 e. The predicted octanol–water partition coefficient (Wildman–Crippen LogP) is 5.05. The minimum absolute atomic E-state index is 0.455. The number of alkyl halides is 1. The van der Waals surface area contributed by atoms with Gasteiger partial charge in [0.1, 0.15) is 5.82 Å². The number of imidazole rings is 1. The lowest BCUT2D eigenvalue weighted by molar-refractivity contribution is 0.238. The molecular formula is C17H23ClN2. The molecule has 0 N–H and O–H groups in total. The highest BCUT2D eigenvalue weighted by atomic mass is 35.5. The van der Waals surface area contributed by atoms with Gasteiger partial charge >= 0.3 is 0 Å². The third-order valence-corrected chi connectivity index (χ3v) is 5.31. The van der Waals surface area contributed by atoms with Crippen LogP contribution >= 0.6 is 11.6 Å². The molecule has 0 spiro atoms. The van der Waals surface area contributed by atoms with Crippen LogP contribution in [0.2, 0.25) is 0 Å². The summed E-state index contributed by atoms with van der Waals surface area (Å²) in [5, 5.41) is 0. The Balaban J connectivity index is 2.09. The molecule has 0 aliphatic heterocycles. The van der Waals surface area contributed by atoms with Crippen LogP contribution in [-0.2, 0) is 12.4 Å². The van der Waals surface area contributed by atoms with Gasteiger partial charge in [-0.25, -0.2) is 4.98 Å². The van der Waals surface area contributed by atoms with Gasteiger partial charge in [0.05, 0.1) is 16.9 Å². The molecule has 0 radical (unpaired) electrons. The van der Waals surface area contributed by atoms with Crippen molar-refractivity contribution in [3.05, 3.63) is 29.6 Å². The molecule has 1 aromatic heterocycles. The topological polar surface area (TPSA) is 17.8 Å². The zero-order valence-corrected chi connectivity index (χ0v) is 13.2. The van der Waals surface area contributed by atoms with Gasteiger partial charge in [-0.05, 0) is 43.2 Å². The van der Waals surface area contributed by atoms with Crippen molar-refractivity contribution in [2.75, 3.05) is 0 Å². The summed E-state index contributed by atoms with van der Waals surface area (Å²) < 4.78 is 2.40. The third-order valence-electron chi connectivity index (χ3n) is 5.07. The number of rotatable bonds is 4. The summed E-state index contributed by atoms with van der Waals surface area (Å²) in [6.45, 7) is 5.58. The van der Waals surface area contributed by atoms with Crippen LogP contribution in [0.3, 0.4) is 0 Å². The summed E-state index contributed by atoms with van der Waals surface area (Å²) in [7, 11) is 0. The number of aryl methyl sites for hydroxylation is 1. The van der Waals surface area contributed by atoms with E-state index in [9.17, 15) is 0 Å². The molecule has 1 saturated carbocycles. The Labute approximate surface area is 126 Å². The Hall–Kier alpha value is -1.02. The third kappa shape index (κ3) is 2.24. The summed E-state index contributed by atoms with van der Waals surface area (Å²) in [5.41, 5.74) is 4.12. The SMILES string of the molecule is CCC1(Cn2c(CCl)nc3cccc(C)c32)CCCC1. The fourth-order valence-corrected chi connectivity index (χ4v) is 3.97. The van der Waals surface area contributed by atoms with E-state index < -0.39 is 0 Å². The maximum Gasteiger partial charge on any atom is 0.124 e. The molecule has 1 aliphatic carbocycles. The van der Waals surface area contributed by atoms with Crippen molar-refractivity contribution in [2.45, 2.75) is 58.4 Å². The van der Waals surface area contributed by atoms with Gasteiger partial charge in [0.2, 0.25) is 0 Å². The zero-order chi connectivity index (χ0) is 14.2. The predicted molar refractivity (Wildman–Crippen MR) is 85.2 cm³/mol. The number of aromatic nitrogens is 2. The van der Waals surface area contributed by atoms with E-state index in [0.29, 0.717) is 11.3 Å². The summed E-state index contributed by atoms with van der Waals surface area (Å²) >= 11 is 6.15. The molecule has 20 heavy (non-hydrogen) atoms. The van der Waals surface area contributed by atoms with E-state index in [0.717, 1.165) is 17.9 Å². The van der Waals surface area contributed by atoms with Crippen LogP contribution in [0, 0.1) is 12.3 Å². The first kappa shape index (κ1) is 13.9. The van der Waals surface area contributed by atoms with Gasteiger partial charge in [-0.2, -0.15) is 0 Å². The lowest BCUT2D eigenvalue weighted by Gasteiger charge is -2.29. The maximum absolute atomic E-state index is 6.15. The average molecular weight is 291 g/mol. The van der Waals surface area contributed by atoms with Crippen molar-refractivity contribution in [2.24, 2.45) is 5.41 Å². The number of hydrogen-bond acceptors (Lipinski definition) is 1. The number of nitrogens with zero attached hydrogens (tertiary/aromatic N) is 2. The second-order valence-corrected chi connectivity index (χ2v) is 6.52. The second-order valence-electron chi connectivity index (χ2n) is 6.25. The fourth-order valence-electron chi connectivity index (χ4n) is 3.77. The lowest BCUT2D eigenvalue weighted by Crippen LogP contribution is -2.23. The van der Waals surface area contributed by atoms with E-state index in [1.54, 1.807) is 0 Å². The first-order valence-electron chi connectivity index (χ1n) is 7.70. The molecule has 0 bridgehead atoms. The van der Waals surface area contributed by atoms with Crippen molar-refractivity contribution in [1.82, 2.24) is 9.55 Å². The van der Waals surface area contributed by atoms with Crippen LogP contribution in [-0.4, -0.2) is 9.55 Å². The van der Waals surface area contributed by atoms with E-state index in [-0.39, 0.29) is 0 Å². The molecule has 1 aliphatic rings. The molecular weight excluding hydrogens is 268 g/mol. The Morgan fingerprint density at radius 2 is 2.05 bits per heavy atom.